The van der Waals surface area contributed by atoms with E-state index in [1.165, 1.54) is 12.0 Å². The van der Waals surface area contributed by atoms with Crippen LogP contribution in [0.3, 0.4) is 0 Å². The zero-order valence-corrected chi connectivity index (χ0v) is 20.6. The molecular weight excluding hydrogens is 448 g/mol. The Morgan fingerprint density at radius 3 is 2.63 bits per heavy atom. The highest BCUT2D eigenvalue weighted by molar-refractivity contribution is 6.07. The number of fused-ring (bicyclic) bond motifs is 2. The minimum atomic E-state index is -1.15. The third-order valence-electron chi connectivity index (χ3n) is 6.40. The number of anilines is 1. The molecule has 2 heterocycles. The Kier molecular flexibility index (Phi) is 7.93. The van der Waals surface area contributed by atoms with E-state index in [-0.39, 0.29) is 24.3 Å². The van der Waals surface area contributed by atoms with Crippen LogP contribution in [-0.4, -0.2) is 67.1 Å². The Morgan fingerprint density at radius 2 is 1.91 bits per heavy atom. The van der Waals surface area contributed by atoms with Gasteiger partial charge in [0.25, 0.3) is 5.91 Å². The van der Waals surface area contributed by atoms with Gasteiger partial charge in [-0.25, -0.2) is 0 Å². The van der Waals surface area contributed by atoms with Crippen LogP contribution in [0.5, 0.6) is 11.5 Å². The summed E-state index contributed by atoms with van der Waals surface area (Å²) in [7, 11) is 1.52. The molecule has 8 nitrogen and oxygen atoms in total. The van der Waals surface area contributed by atoms with Gasteiger partial charge in [0.1, 0.15) is 0 Å². The van der Waals surface area contributed by atoms with E-state index >= 15 is 0 Å². The van der Waals surface area contributed by atoms with Crippen molar-refractivity contribution in [2.24, 2.45) is 0 Å². The maximum atomic E-state index is 13.6. The lowest BCUT2D eigenvalue weighted by Gasteiger charge is -2.32. The van der Waals surface area contributed by atoms with Crippen molar-refractivity contribution in [3.63, 3.8) is 0 Å². The lowest BCUT2D eigenvalue weighted by Crippen LogP contribution is -2.51. The molecule has 1 unspecified atom stereocenters. The third-order valence-corrected chi connectivity index (χ3v) is 6.40. The highest BCUT2D eigenvalue weighted by Crippen LogP contribution is 2.41. The first-order valence-corrected chi connectivity index (χ1v) is 12.2. The molecule has 2 aromatic carbocycles. The number of carbonyl (C=O) groups is 2. The van der Waals surface area contributed by atoms with E-state index in [1.54, 1.807) is 17.0 Å². The standard InChI is InChI=1S/C27H34N2O6/c1-18(2)34-13-8-14-35-24-17-22-20(16-23(24)33-3)26(31)28-12-7-11-21(28)27(32)29(22)25(30)15-19-9-5-4-6-10-19/h4-6,9-10,16-18,21,27,32H,7-8,11-15H2,1-3H3/t21-,27?/m0/s1. The molecule has 0 spiro atoms. The van der Waals surface area contributed by atoms with Gasteiger partial charge in [-0.05, 0) is 38.3 Å². The van der Waals surface area contributed by atoms with E-state index in [9.17, 15) is 14.7 Å². The molecule has 2 aromatic rings. The summed E-state index contributed by atoms with van der Waals surface area (Å²) in [6, 6.07) is 12.2. The highest BCUT2D eigenvalue weighted by atomic mass is 16.5. The van der Waals surface area contributed by atoms with Gasteiger partial charge in [-0.1, -0.05) is 30.3 Å². The number of carbonyl (C=O) groups excluding carboxylic acids is 2. The fourth-order valence-electron chi connectivity index (χ4n) is 4.71. The lowest BCUT2D eigenvalue weighted by atomic mass is 10.1. The van der Waals surface area contributed by atoms with Crippen molar-refractivity contribution in [1.29, 1.82) is 0 Å². The first kappa shape index (κ1) is 25.0. The maximum Gasteiger partial charge on any atom is 0.256 e. The fraction of sp³-hybridized carbons (Fsp3) is 0.481. The van der Waals surface area contributed by atoms with Crippen molar-refractivity contribution in [3.8, 4) is 11.5 Å². The molecule has 188 valence electrons. The minimum Gasteiger partial charge on any atom is -0.493 e. The van der Waals surface area contributed by atoms with Crippen molar-refractivity contribution in [2.45, 2.75) is 57.9 Å². The van der Waals surface area contributed by atoms with Gasteiger partial charge < -0.3 is 24.2 Å². The molecule has 2 aliphatic rings. The summed E-state index contributed by atoms with van der Waals surface area (Å²) < 4.78 is 17.1. The van der Waals surface area contributed by atoms with Gasteiger partial charge in [-0.15, -0.1) is 0 Å². The molecule has 0 saturated carbocycles. The van der Waals surface area contributed by atoms with E-state index in [0.717, 1.165) is 12.0 Å². The molecule has 0 radical (unpaired) electrons. The summed E-state index contributed by atoms with van der Waals surface area (Å²) in [5.74, 6) is 0.319. The number of amides is 2. The van der Waals surface area contributed by atoms with Crippen molar-refractivity contribution >= 4 is 17.5 Å². The maximum absolute atomic E-state index is 13.6. The summed E-state index contributed by atoms with van der Waals surface area (Å²) >= 11 is 0. The number of aliphatic hydroxyl groups is 1. The van der Waals surface area contributed by atoms with E-state index in [0.29, 0.717) is 55.4 Å². The van der Waals surface area contributed by atoms with Crippen LogP contribution in [0.2, 0.25) is 0 Å². The number of nitrogens with zero attached hydrogens (tertiary/aromatic N) is 2. The number of ether oxygens (including phenoxy) is 3. The van der Waals surface area contributed by atoms with Crippen LogP contribution in [-0.2, 0) is 16.0 Å². The third kappa shape index (κ3) is 5.44. The average Bonchev–Trinajstić information content (AvgIpc) is 3.31. The molecule has 1 saturated heterocycles. The largest absolute Gasteiger partial charge is 0.493 e. The smallest absolute Gasteiger partial charge is 0.256 e. The van der Waals surface area contributed by atoms with Crippen molar-refractivity contribution < 1.29 is 28.9 Å². The van der Waals surface area contributed by atoms with Crippen LogP contribution in [0.15, 0.2) is 42.5 Å². The molecule has 1 N–H and O–H groups in total. The predicted octanol–water partition coefficient (Wildman–Crippen LogP) is 3.40. The van der Waals surface area contributed by atoms with Crippen LogP contribution in [0.25, 0.3) is 0 Å². The Labute approximate surface area is 206 Å². The SMILES string of the molecule is COc1cc2c(cc1OCCCOC(C)C)N(C(=O)Cc1ccccc1)C(O)[C@@H]1CCCN1C2=O. The second-order valence-electron chi connectivity index (χ2n) is 9.19. The molecule has 1 fully saturated rings. The quantitative estimate of drug-likeness (QED) is 0.551. The Balaban J connectivity index is 1.69. The molecule has 2 aliphatic heterocycles. The molecular formula is C27H34N2O6. The first-order valence-electron chi connectivity index (χ1n) is 12.2. The van der Waals surface area contributed by atoms with Crippen LogP contribution in [0.1, 0.15) is 49.0 Å². The normalized spacial score (nSPS) is 19.4. The summed E-state index contributed by atoms with van der Waals surface area (Å²) in [4.78, 5) is 30.1. The molecule has 2 amide bonds. The lowest BCUT2D eigenvalue weighted by molar-refractivity contribution is -0.120. The topological polar surface area (TPSA) is 88.5 Å². The van der Waals surface area contributed by atoms with Gasteiger partial charge in [0.05, 0.1) is 50.1 Å². The molecule has 35 heavy (non-hydrogen) atoms. The fourth-order valence-corrected chi connectivity index (χ4v) is 4.71. The van der Waals surface area contributed by atoms with E-state index < -0.39 is 12.3 Å². The Morgan fingerprint density at radius 1 is 1.14 bits per heavy atom. The Hall–Kier alpha value is -3.10. The first-order chi connectivity index (χ1) is 16.9. The van der Waals surface area contributed by atoms with Gasteiger partial charge >= 0.3 is 0 Å². The number of rotatable bonds is 9. The summed E-state index contributed by atoms with van der Waals surface area (Å²) in [6.45, 7) is 5.43. The molecule has 4 rings (SSSR count). The van der Waals surface area contributed by atoms with Gasteiger partial charge in [0.15, 0.2) is 17.7 Å². The monoisotopic (exact) mass is 482 g/mol. The van der Waals surface area contributed by atoms with E-state index in [2.05, 4.69) is 0 Å². The molecule has 0 aliphatic carbocycles. The number of benzene rings is 2. The van der Waals surface area contributed by atoms with Crippen molar-refractivity contribution in [2.75, 3.05) is 31.8 Å². The second kappa shape index (κ2) is 11.1. The number of hydrogen-bond donors (Lipinski definition) is 1. The summed E-state index contributed by atoms with van der Waals surface area (Å²) in [5, 5.41) is 11.4. The summed E-state index contributed by atoms with van der Waals surface area (Å²) in [5.41, 5.74) is 1.49. The van der Waals surface area contributed by atoms with Crippen molar-refractivity contribution in [3.05, 3.63) is 53.6 Å². The zero-order valence-electron chi connectivity index (χ0n) is 20.6. The van der Waals surface area contributed by atoms with E-state index in [4.69, 9.17) is 14.2 Å². The van der Waals surface area contributed by atoms with Gasteiger partial charge in [0.2, 0.25) is 5.91 Å². The highest BCUT2D eigenvalue weighted by Gasteiger charge is 2.44. The zero-order chi connectivity index (χ0) is 24.9. The van der Waals surface area contributed by atoms with Crippen LogP contribution in [0, 0.1) is 0 Å². The van der Waals surface area contributed by atoms with Gasteiger partial charge in [-0.3, -0.25) is 14.5 Å². The van der Waals surface area contributed by atoms with Crippen LogP contribution < -0.4 is 14.4 Å². The predicted molar refractivity (Wildman–Crippen MR) is 132 cm³/mol. The molecule has 8 heteroatoms. The minimum absolute atomic E-state index is 0.104. The van der Waals surface area contributed by atoms with Crippen molar-refractivity contribution in [1.82, 2.24) is 4.90 Å². The van der Waals surface area contributed by atoms with E-state index in [1.807, 2.05) is 44.2 Å². The average molecular weight is 483 g/mol. The molecule has 0 aromatic heterocycles. The number of hydrogen-bond acceptors (Lipinski definition) is 6. The van der Waals surface area contributed by atoms with Crippen LogP contribution >= 0.6 is 0 Å². The van der Waals surface area contributed by atoms with Gasteiger partial charge in [-0.2, -0.15) is 0 Å². The van der Waals surface area contributed by atoms with Crippen LogP contribution in [0.4, 0.5) is 5.69 Å². The van der Waals surface area contributed by atoms with Gasteiger partial charge in [0, 0.05) is 19.0 Å². The number of methoxy groups -OCH3 is 1. The molecule has 0 bridgehead atoms. The Bertz CT molecular complexity index is 1040. The second-order valence-corrected chi connectivity index (χ2v) is 9.19. The summed E-state index contributed by atoms with van der Waals surface area (Å²) in [6.07, 6.45) is 1.18. The number of aliphatic hydroxyl groups excluding tert-OH is 1. The molecule has 2 atom stereocenters.